The van der Waals surface area contributed by atoms with E-state index in [2.05, 4.69) is 22.2 Å². The van der Waals surface area contributed by atoms with Crippen molar-refractivity contribution in [2.75, 3.05) is 13.1 Å². The second kappa shape index (κ2) is 6.72. The van der Waals surface area contributed by atoms with Crippen molar-refractivity contribution in [1.82, 2.24) is 9.88 Å². The maximum absolute atomic E-state index is 5.74. The first-order chi connectivity index (χ1) is 8.29. The quantitative estimate of drug-likeness (QED) is 0.580. The summed E-state index contributed by atoms with van der Waals surface area (Å²) >= 11 is 7.49. The Balaban J connectivity index is 1.62. The third-order valence-corrected chi connectivity index (χ3v) is 4.74. The van der Waals surface area contributed by atoms with E-state index < -0.39 is 0 Å². The number of alkyl halides is 1. The predicted molar refractivity (Wildman–Crippen MR) is 74.9 cm³/mol. The molecule has 17 heavy (non-hydrogen) atoms. The lowest BCUT2D eigenvalue weighted by atomic mass is 10.2. The molecule has 0 aliphatic carbocycles. The van der Waals surface area contributed by atoms with Gasteiger partial charge >= 0.3 is 0 Å². The number of unbranched alkanes of at least 4 members (excludes halogenated alkanes) is 1. The van der Waals surface area contributed by atoms with Gasteiger partial charge in [0.05, 0.1) is 16.6 Å². The molecular weight excluding hydrogens is 252 g/mol. The second-order valence-electron chi connectivity index (χ2n) is 4.85. The Bertz CT molecular complexity index is 340. The maximum atomic E-state index is 5.74. The molecule has 2 rings (SSSR count). The number of hydrogen-bond acceptors (Lipinski definition) is 3. The summed E-state index contributed by atoms with van der Waals surface area (Å²) in [6.45, 7) is 4.91. The fraction of sp³-hybridized carbons (Fsp3) is 0.769. The van der Waals surface area contributed by atoms with Crippen LogP contribution in [0.4, 0.5) is 0 Å². The highest BCUT2D eigenvalue weighted by molar-refractivity contribution is 7.09. The molecule has 1 fully saturated rings. The lowest BCUT2D eigenvalue weighted by Crippen LogP contribution is -2.27. The van der Waals surface area contributed by atoms with Crippen molar-refractivity contribution in [2.24, 2.45) is 0 Å². The standard InChI is InChI=1S/C13H21ClN2S/c1-11-5-4-8-16(11)7-3-2-6-13-15-12(9-14)10-17-13/h10-11H,2-9H2,1H3. The molecule has 0 bridgehead atoms. The topological polar surface area (TPSA) is 16.1 Å². The molecule has 0 spiro atoms. The highest BCUT2D eigenvalue weighted by atomic mass is 35.5. The van der Waals surface area contributed by atoms with E-state index >= 15 is 0 Å². The SMILES string of the molecule is CC1CCCN1CCCCc1nc(CCl)cs1. The van der Waals surface area contributed by atoms with Crippen LogP contribution in [0.1, 0.15) is 43.3 Å². The molecule has 2 heterocycles. The van der Waals surface area contributed by atoms with Crippen molar-refractivity contribution >= 4 is 22.9 Å². The van der Waals surface area contributed by atoms with Crippen LogP contribution in [0.5, 0.6) is 0 Å². The van der Waals surface area contributed by atoms with Gasteiger partial charge in [0, 0.05) is 11.4 Å². The van der Waals surface area contributed by atoms with Crippen LogP contribution in [-0.4, -0.2) is 29.0 Å². The first kappa shape index (κ1) is 13.3. The Morgan fingerprint density at radius 2 is 2.41 bits per heavy atom. The average Bonchev–Trinajstić information content (AvgIpc) is 2.94. The summed E-state index contributed by atoms with van der Waals surface area (Å²) in [6.07, 6.45) is 6.42. The first-order valence-electron chi connectivity index (χ1n) is 6.53. The number of likely N-dealkylation sites (tertiary alicyclic amines) is 1. The molecule has 1 aliphatic rings. The van der Waals surface area contributed by atoms with E-state index in [0.717, 1.165) is 18.2 Å². The molecule has 0 radical (unpaired) electrons. The highest BCUT2D eigenvalue weighted by Crippen LogP contribution is 2.18. The fourth-order valence-corrected chi connectivity index (χ4v) is 3.51. The first-order valence-corrected chi connectivity index (χ1v) is 7.94. The van der Waals surface area contributed by atoms with E-state index in [1.54, 1.807) is 11.3 Å². The fourth-order valence-electron chi connectivity index (χ4n) is 2.44. The van der Waals surface area contributed by atoms with Gasteiger partial charge in [-0.15, -0.1) is 22.9 Å². The van der Waals surface area contributed by atoms with Gasteiger partial charge in [0.2, 0.25) is 0 Å². The molecule has 1 aliphatic heterocycles. The Morgan fingerprint density at radius 1 is 1.53 bits per heavy atom. The second-order valence-corrected chi connectivity index (χ2v) is 6.06. The molecule has 1 unspecified atom stereocenters. The van der Waals surface area contributed by atoms with E-state index in [4.69, 9.17) is 11.6 Å². The molecule has 0 amide bonds. The van der Waals surface area contributed by atoms with Crippen LogP contribution < -0.4 is 0 Å². The number of rotatable bonds is 6. The van der Waals surface area contributed by atoms with Gasteiger partial charge in [-0.05, 0) is 52.1 Å². The van der Waals surface area contributed by atoms with Gasteiger partial charge in [0.1, 0.15) is 0 Å². The summed E-state index contributed by atoms with van der Waals surface area (Å²) in [5.41, 5.74) is 1.03. The number of halogens is 1. The van der Waals surface area contributed by atoms with Crippen molar-refractivity contribution < 1.29 is 0 Å². The van der Waals surface area contributed by atoms with E-state index in [9.17, 15) is 0 Å². The van der Waals surface area contributed by atoms with Crippen LogP contribution in [0.2, 0.25) is 0 Å². The molecule has 96 valence electrons. The summed E-state index contributed by atoms with van der Waals surface area (Å²) in [5, 5.41) is 3.32. The van der Waals surface area contributed by atoms with Gasteiger partial charge in [0.15, 0.2) is 0 Å². The van der Waals surface area contributed by atoms with Gasteiger partial charge in [0.25, 0.3) is 0 Å². The van der Waals surface area contributed by atoms with Gasteiger partial charge in [-0.25, -0.2) is 4.98 Å². The van der Waals surface area contributed by atoms with Crippen molar-refractivity contribution in [1.29, 1.82) is 0 Å². The Morgan fingerprint density at radius 3 is 3.06 bits per heavy atom. The normalized spacial score (nSPS) is 21.2. The highest BCUT2D eigenvalue weighted by Gasteiger charge is 2.18. The zero-order chi connectivity index (χ0) is 12.1. The van der Waals surface area contributed by atoms with Crippen molar-refractivity contribution in [2.45, 2.75) is 50.9 Å². The maximum Gasteiger partial charge on any atom is 0.0928 e. The minimum Gasteiger partial charge on any atom is -0.301 e. The summed E-state index contributed by atoms with van der Waals surface area (Å²) in [5.74, 6) is 0.543. The largest absolute Gasteiger partial charge is 0.301 e. The van der Waals surface area contributed by atoms with Crippen LogP contribution in [0.3, 0.4) is 0 Å². The van der Waals surface area contributed by atoms with E-state index in [0.29, 0.717) is 5.88 Å². The van der Waals surface area contributed by atoms with Gasteiger partial charge < -0.3 is 4.90 Å². The van der Waals surface area contributed by atoms with E-state index in [1.807, 2.05) is 0 Å². The number of aryl methyl sites for hydroxylation is 1. The molecule has 2 nitrogen and oxygen atoms in total. The third-order valence-electron chi connectivity index (χ3n) is 3.51. The van der Waals surface area contributed by atoms with Gasteiger partial charge in [-0.3, -0.25) is 0 Å². The lowest BCUT2D eigenvalue weighted by Gasteiger charge is -2.20. The molecule has 1 atom stereocenters. The molecule has 1 saturated heterocycles. The van der Waals surface area contributed by atoms with Gasteiger partial charge in [-0.1, -0.05) is 0 Å². The van der Waals surface area contributed by atoms with Gasteiger partial charge in [-0.2, -0.15) is 0 Å². The van der Waals surface area contributed by atoms with Crippen molar-refractivity contribution in [3.05, 3.63) is 16.1 Å². The summed E-state index contributed by atoms with van der Waals surface area (Å²) in [7, 11) is 0. The predicted octanol–water partition coefficient (Wildman–Crippen LogP) is 3.69. The number of aromatic nitrogens is 1. The van der Waals surface area contributed by atoms with Crippen molar-refractivity contribution in [3.63, 3.8) is 0 Å². The Labute approximate surface area is 113 Å². The van der Waals surface area contributed by atoms with Crippen LogP contribution in [-0.2, 0) is 12.3 Å². The minimum absolute atomic E-state index is 0.543. The number of hydrogen-bond donors (Lipinski definition) is 0. The molecule has 1 aromatic rings. The molecule has 4 heteroatoms. The van der Waals surface area contributed by atoms with E-state index in [1.165, 1.54) is 43.8 Å². The van der Waals surface area contributed by atoms with Crippen LogP contribution >= 0.6 is 22.9 Å². The van der Waals surface area contributed by atoms with Crippen molar-refractivity contribution in [3.8, 4) is 0 Å². The van der Waals surface area contributed by atoms with Crippen LogP contribution in [0, 0.1) is 0 Å². The van der Waals surface area contributed by atoms with E-state index in [-0.39, 0.29) is 0 Å². The van der Waals surface area contributed by atoms with Crippen LogP contribution in [0.15, 0.2) is 5.38 Å². The van der Waals surface area contributed by atoms with Crippen LogP contribution in [0.25, 0.3) is 0 Å². The average molecular weight is 273 g/mol. The zero-order valence-electron chi connectivity index (χ0n) is 10.5. The minimum atomic E-state index is 0.543. The molecule has 0 saturated carbocycles. The molecular formula is C13H21ClN2S. The zero-order valence-corrected chi connectivity index (χ0v) is 12.1. The molecule has 0 aromatic carbocycles. The summed E-state index contributed by atoms with van der Waals surface area (Å²) in [6, 6.07) is 0.803. The monoisotopic (exact) mass is 272 g/mol. The summed E-state index contributed by atoms with van der Waals surface area (Å²) in [4.78, 5) is 7.10. The smallest absolute Gasteiger partial charge is 0.0928 e. The number of thiazole rings is 1. The Hall–Kier alpha value is -0.120. The third kappa shape index (κ3) is 3.94. The molecule has 1 aromatic heterocycles. The number of nitrogens with zero attached hydrogens (tertiary/aromatic N) is 2. The molecule has 0 N–H and O–H groups in total. The Kier molecular flexibility index (Phi) is 5.26. The lowest BCUT2D eigenvalue weighted by molar-refractivity contribution is 0.263. The summed E-state index contributed by atoms with van der Waals surface area (Å²) < 4.78 is 0.